The lowest BCUT2D eigenvalue weighted by Gasteiger charge is -2.27. The highest BCUT2D eigenvalue weighted by atomic mass is 14.9. The summed E-state index contributed by atoms with van der Waals surface area (Å²) in [5, 5.41) is 17.2. The van der Waals surface area contributed by atoms with Gasteiger partial charge in [0.2, 0.25) is 0 Å². The highest BCUT2D eigenvalue weighted by molar-refractivity contribution is 6.36. The Morgan fingerprint density at radius 3 is 1.62 bits per heavy atom. The zero-order chi connectivity index (χ0) is 37.0. The maximum atomic E-state index is 9.62. The summed E-state index contributed by atoms with van der Waals surface area (Å²) < 4.78 is 0. The average molecular weight is 706 g/mol. The molecule has 2 aliphatic heterocycles. The average Bonchev–Trinajstić information content (AvgIpc) is 3.27. The fourth-order valence-corrected chi connectivity index (χ4v) is 7.50. The summed E-state index contributed by atoms with van der Waals surface area (Å²) in [4.78, 5) is 0. The Bertz CT molecular complexity index is 2600. The normalized spacial score (nSPS) is 15.6. The van der Waals surface area contributed by atoms with Crippen LogP contribution in [0.5, 0.6) is 0 Å². The number of allylic oxidation sites excluding steroid dienone is 3. The van der Waals surface area contributed by atoms with E-state index in [1.54, 1.807) is 0 Å². The van der Waals surface area contributed by atoms with Gasteiger partial charge in [-0.15, -0.1) is 0 Å². The Labute approximate surface area is 322 Å². The second-order valence-corrected chi connectivity index (χ2v) is 13.9. The predicted octanol–water partition coefficient (Wildman–Crippen LogP) is 12.2. The summed E-state index contributed by atoms with van der Waals surface area (Å²) in [5.41, 5.74) is 16.4. The van der Waals surface area contributed by atoms with Crippen molar-refractivity contribution in [2.24, 2.45) is 0 Å². The lowest BCUT2D eigenvalue weighted by molar-refractivity contribution is 0.767. The van der Waals surface area contributed by atoms with Crippen LogP contribution in [0.4, 0.5) is 0 Å². The monoisotopic (exact) mass is 705 g/mol. The lowest BCUT2D eigenvalue weighted by Crippen LogP contribution is -2.21. The number of hydrogen-bond acceptors (Lipinski definition) is 3. The maximum Gasteiger partial charge on any atom is 0.0711 e. The molecule has 1 atom stereocenters. The standard InChI is InChI=1S/C52H39N3/c53-51(42-24-14-5-15-25-42)50(41-22-12-4-13-23-41)52-46-32-43(30-31-44(46)33-49(55-52)40-20-10-3-11-21-40)36-26-28-37(29-27-36)45-34-47(38-16-6-1-7-17-38)54-48(35-45)39-18-8-2-9-19-39/h1-35,47,53-55H/b52-50-,53-51?. The molecule has 0 bridgehead atoms. The first-order valence-corrected chi connectivity index (χ1v) is 18.7. The molecule has 2 heterocycles. The molecule has 0 saturated heterocycles. The van der Waals surface area contributed by atoms with Crippen molar-refractivity contribution >= 4 is 40.0 Å². The summed E-state index contributed by atoms with van der Waals surface area (Å²) in [5.74, 6) is 0. The highest BCUT2D eigenvalue weighted by Crippen LogP contribution is 2.39. The van der Waals surface area contributed by atoms with E-state index in [2.05, 4.69) is 168 Å². The molecule has 0 saturated carbocycles. The van der Waals surface area contributed by atoms with Crippen LogP contribution in [-0.4, -0.2) is 5.71 Å². The van der Waals surface area contributed by atoms with Gasteiger partial charge in [0.15, 0.2) is 0 Å². The molecule has 3 heteroatoms. The van der Waals surface area contributed by atoms with Crippen LogP contribution in [0.1, 0.15) is 50.5 Å². The topological polar surface area (TPSA) is 47.9 Å². The van der Waals surface area contributed by atoms with Crippen molar-refractivity contribution in [1.29, 1.82) is 5.41 Å². The second-order valence-electron chi connectivity index (χ2n) is 13.9. The Morgan fingerprint density at radius 1 is 0.455 bits per heavy atom. The quantitative estimate of drug-likeness (QED) is 0.138. The molecule has 7 aromatic carbocycles. The first-order valence-electron chi connectivity index (χ1n) is 18.7. The Morgan fingerprint density at radius 2 is 0.982 bits per heavy atom. The molecule has 0 aromatic heterocycles. The molecular formula is C52H39N3. The van der Waals surface area contributed by atoms with Crippen LogP contribution in [0.2, 0.25) is 0 Å². The molecule has 1 unspecified atom stereocenters. The van der Waals surface area contributed by atoms with Crippen molar-refractivity contribution in [3.8, 4) is 11.1 Å². The third-order valence-corrected chi connectivity index (χ3v) is 10.3. The highest BCUT2D eigenvalue weighted by Gasteiger charge is 2.24. The molecule has 0 amide bonds. The van der Waals surface area contributed by atoms with Crippen molar-refractivity contribution < 1.29 is 0 Å². The van der Waals surface area contributed by atoms with Gasteiger partial charge in [0.25, 0.3) is 0 Å². The van der Waals surface area contributed by atoms with Crippen LogP contribution in [0, 0.1) is 5.41 Å². The van der Waals surface area contributed by atoms with Crippen molar-refractivity contribution in [3.63, 3.8) is 0 Å². The third-order valence-electron chi connectivity index (χ3n) is 10.3. The van der Waals surface area contributed by atoms with Crippen LogP contribution in [-0.2, 0) is 0 Å². The van der Waals surface area contributed by atoms with Gasteiger partial charge in [-0.2, -0.15) is 0 Å². The number of fused-ring (bicyclic) bond motifs is 1. The summed E-state index contributed by atoms with van der Waals surface area (Å²) >= 11 is 0. The molecule has 7 aromatic rings. The number of hydrogen-bond donors (Lipinski definition) is 3. The molecule has 0 aliphatic carbocycles. The number of dihydropyridines is 1. The van der Waals surface area contributed by atoms with E-state index in [0.717, 1.165) is 72.7 Å². The van der Waals surface area contributed by atoms with Crippen LogP contribution in [0.3, 0.4) is 0 Å². The van der Waals surface area contributed by atoms with Gasteiger partial charge in [0.05, 0.1) is 17.5 Å². The van der Waals surface area contributed by atoms with E-state index in [9.17, 15) is 5.41 Å². The zero-order valence-corrected chi connectivity index (χ0v) is 30.3. The minimum Gasteiger partial charge on any atom is -0.374 e. The van der Waals surface area contributed by atoms with E-state index in [0.29, 0.717) is 5.71 Å². The van der Waals surface area contributed by atoms with Crippen molar-refractivity contribution in [2.45, 2.75) is 6.04 Å². The van der Waals surface area contributed by atoms with E-state index >= 15 is 0 Å². The molecule has 0 radical (unpaired) electrons. The molecule has 2 aliphatic rings. The van der Waals surface area contributed by atoms with Crippen LogP contribution < -0.4 is 10.6 Å². The zero-order valence-electron chi connectivity index (χ0n) is 30.3. The van der Waals surface area contributed by atoms with Crippen molar-refractivity contribution in [2.75, 3.05) is 0 Å². The largest absolute Gasteiger partial charge is 0.374 e. The van der Waals surface area contributed by atoms with Gasteiger partial charge in [-0.25, -0.2) is 0 Å². The van der Waals surface area contributed by atoms with Gasteiger partial charge >= 0.3 is 0 Å². The van der Waals surface area contributed by atoms with E-state index in [1.165, 1.54) is 11.1 Å². The van der Waals surface area contributed by atoms with E-state index in [1.807, 2.05) is 54.6 Å². The number of nitrogens with one attached hydrogen (secondary N) is 3. The second kappa shape index (κ2) is 15.0. The summed E-state index contributed by atoms with van der Waals surface area (Å²) in [7, 11) is 0. The summed E-state index contributed by atoms with van der Waals surface area (Å²) in [6.45, 7) is 0. The molecule has 0 spiro atoms. The number of rotatable bonds is 8. The summed E-state index contributed by atoms with van der Waals surface area (Å²) in [6.07, 6.45) is 6.80. The van der Waals surface area contributed by atoms with E-state index in [-0.39, 0.29) is 6.04 Å². The molecule has 55 heavy (non-hydrogen) atoms. The molecule has 262 valence electrons. The first-order chi connectivity index (χ1) is 27.2. The van der Waals surface area contributed by atoms with Gasteiger partial charge in [-0.3, -0.25) is 5.41 Å². The molecule has 0 fully saturated rings. The minimum absolute atomic E-state index is 0.0525. The van der Waals surface area contributed by atoms with Crippen LogP contribution in [0.15, 0.2) is 206 Å². The summed E-state index contributed by atoms with van der Waals surface area (Å²) in [6, 6.07) is 67.6. The Kier molecular flexibility index (Phi) is 9.17. The van der Waals surface area contributed by atoms with Crippen LogP contribution in [0.25, 0.3) is 45.4 Å². The van der Waals surface area contributed by atoms with E-state index < -0.39 is 0 Å². The molecule has 3 nitrogen and oxygen atoms in total. The van der Waals surface area contributed by atoms with Gasteiger partial charge < -0.3 is 10.6 Å². The number of benzene rings is 7. The van der Waals surface area contributed by atoms with Crippen molar-refractivity contribution in [1.82, 2.24) is 10.6 Å². The van der Waals surface area contributed by atoms with Gasteiger partial charge in [-0.05, 0) is 74.4 Å². The van der Waals surface area contributed by atoms with Gasteiger partial charge in [0, 0.05) is 28.1 Å². The minimum atomic E-state index is 0.0525. The van der Waals surface area contributed by atoms with Gasteiger partial charge in [-0.1, -0.05) is 188 Å². The molecular weight excluding hydrogens is 667 g/mol. The Hall–Kier alpha value is -7.23. The lowest BCUT2D eigenvalue weighted by atomic mass is 9.86. The van der Waals surface area contributed by atoms with E-state index in [4.69, 9.17) is 0 Å². The molecule has 3 N–H and O–H groups in total. The Balaban J connectivity index is 1.14. The SMILES string of the molecule is N=C(/C(=C1\NC(c2ccccc2)=Cc2ccc(-c3ccc(C4=CC(c5ccccc5)NC(c5ccccc5)=C4)cc3)cc21)c1ccccc1)c1ccccc1. The molecule has 9 rings (SSSR count). The first kappa shape index (κ1) is 33.6. The van der Waals surface area contributed by atoms with Gasteiger partial charge in [0.1, 0.15) is 0 Å². The third kappa shape index (κ3) is 6.99. The fraction of sp³-hybridized carbons (Fsp3) is 0.0192. The fourth-order valence-electron chi connectivity index (χ4n) is 7.50. The maximum absolute atomic E-state index is 9.62. The van der Waals surface area contributed by atoms with Crippen LogP contribution >= 0.6 is 0 Å². The smallest absolute Gasteiger partial charge is 0.0711 e. The van der Waals surface area contributed by atoms with Crippen molar-refractivity contribution in [3.05, 3.63) is 251 Å². The predicted molar refractivity (Wildman–Crippen MR) is 231 cm³/mol.